The number of likely N-dealkylation sites (tertiary alicyclic amines) is 1. The average molecular weight is 341 g/mol. The minimum absolute atomic E-state index is 0.00526. The Morgan fingerprint density at radius 2 is 2.00 bits per heavy atom. The zero-order valence-electron chi connectivity index (χ0n) is 13.6. The summed E-state index contributed by atoms with van der Waals surface area (Å²) in [7, 11) is 0. The van der Waals surface area contributed by atoms with Crippen molar-refractivity contribution in [3.05, 3.63) is 35.4 Å². The molecule has 1 aliphatic carbocycles. The van der Waals surface area contributed by atoms with Gasteiger partial charge in [0.2, 0.25) is 5.91 Å². The Balaban J connectivity index is 1.69. The number of alkyl halides is 3. The summed E-state index contributed by atoms with van der Waals surface area (Å²) in [5.74, 6) is -0.0485. The first-order chi connectivity index (χ1) is 11.2. The van der Waals surface area contributed by atoms with Gasteiger partial charge in [-0.2, -0.15) is 13.2 Å². The molecule has 6 heteroatoms. The van der Waals surface area contributed by atoms with Crippen LogP contribution in [0.4, 0.5) is 13.2 Å². The lowest BCUT2D eigenvalue weighted by Crippen LogP contribution is -2.54. The largest absolute Gasteiger partial charge is 0.416 e. The van der Waals surface area contributed by atoms with Crippen molar-refractivity contribution in [2.45, 2.75) is 44.4 Å². The summed E-state index contributed by atoms with van der Waals surface area (Å²) in [6, 6.07) is 5.21. The number of hydrogen-bond acceptors (Lipinski definition) is 2. The van der Waals surface area contributed by atoms with E-state index >= 15 is 0 Å². The van der Waals surface area contributed by atoms with Crippen LogP contribution in [0, 0.1) is 11.8 Å². The van der Waals surface area contributed by atoms with Crippen molar-refractivity contribution in [2.75, 3.05) is 13.1 Å². The number of halogens is 3. The lowest BCUT2D eigenvalue weighted by atomic mass is 9.78. The van der Waals surface area contributed by atoms with E-state index in [9.17, 15) is 23.1 Å². The molecule has 0 bridgehead atoms. The highest BCUT2D eigenvalue weighted by Gasteiger charge is 2.50. The van der Waals surface area contributed by atoms with Crippen LogP contribution in [0.1, 0.15) is 37.3 Å². The molecule has 0 radical (unpaired) electrons. The molecule has 1 saturated carbocycles. The number of piperidine rings is 1. The number of amides is 1. The van der Waals surface area contributed by atoms with Gasteiger partial charge in [0.25, 0.3) is 0 Å². The zero-order valence-corrected chi connectivity index (χ0v) is 13.6. The summed E-state index contributed by atoms with van der Waals surface area (Å²) in [5.41, 5.74) is -1.47. The summed E-state index contributed by atoms with van der Waals surface area (Å²) in [5, 5.41) is 10.7. The molecule has 2 atom stereocenters. The fraction of sp³-hybridized carbons (Fsp3) is 0.611. The van der Waals surface area contributed by atoms with Gasteiger partial charge >= 0.3 is 6.18 Å². The third kappa shape index (κ3) is 3.29. The summed E-state index contributed by atoms with van der Waals surface area (Å²) in [6.07, 6.45) is -2.17. The van der Waals surface area contributed by atoms with Gasteiger partial charge in [-0.3, -0.25) is 4.79 Å². The first-order valence-electron chi connectivity index (χ1n) is 8.37. The van der Waals surface area contributed by atoms with Gasteiger partial charge in [-0.05, 0) is 36.8 Å². The molecule has 3 nitrogen and oxygen atoms in total. The van der Waals surface area contributed by atoms with E-state index in [1.807, 2.05) is 6.92 Å². The van der Waals surface area contributed by atoms with Gasteiger partial charge < -0.3 is 10.0 Å². The van der Waals surface area contributed by atoms with E-state index in [4.69, 9.17) is 0 Å². The molecule has 0 spiro atoms. The molecule has 2 fully saturated rings. The maximum absolute atomic E-state index is 13.0. The van der Waals surface area contributed by atoms with Crippen LogP contribution in [0.15, 0.2) is 24.3 Å². The van der Waals surface area contributed by atoms with Crippen molar-refractivity contribution in [2.24, 2.45) is 11.8 Å². The van der Waals surface area contributed by atoms with E-state index in [0.717, 1.165) is 18.9 Å². The maximum atomic E-state index is 13.0. The standard InChI is InChI=1S/C18H22F3NO2/c1-12-11-22(9-8-17(12,24)14-6-7-14)16(23)10-13-4-2-3-5-15(13)18(19,20)21/h2-5,12,14,24H,6-11H2,1H3/t12-,17+/m1/s1. The summed E-state index contributed by atoms with van der Waals surface area (Å²) in [4.78, 5) is 14.1. The van der Waals surface area contributed by atoms with E-state index in [1.165, 1.54) is 18.2 Å². The molecule has 1 aromatic rings. The number of carbonyl (C=O) groups excluding carboxylic acids is 1. The number of benzene rings is 1. The second kappa shape index (κ2) is 6.06. The molecular weight excluding hydrogens is 319 g/mol. The molecule has 1 heterocycles. The first kappa shape index (κ1) is 17.3. The van der Waals surface area contributed by atoms with Gasteiger partial charge in [-0.15, -0.1) is 0 Å². The van der Waals surface area contributed by atoms with Crippen molar-refractivity contribution in [1.29, 1.82) is 0 Å². The highest BCUT2D eigenvalue weighted by Crippen LogP contribution is 2.47. The van der Waals surface area contributed by atoms with Crippen LogP contribution in [-0.4, -0.2) is 34.6 Å². The Labute approximate surface area is 139 Å². The van der Waals surface area contributed by atoms with Gasteiger partial charge in [0.05, 0.1) is 17.6 Å². The van der Waals surface area contributed by atoms with Gasteiger partial charge in [-0.25, -0.2) is 0 Å². The lowest BCUT2D eigenvalue weighted by Gasteiger charge is -2.43. The molecule has 1 aromatic carbocycles. The second-order valence-electron chi connectivity index (χ2n) is 7.09. The van der Waals surface area contributed by atoms with Crippen molar-refractivity contribution >= 4 is 5.91 Å². The van der Waals surface area contributed by atoms with E-state index < -0.39 is 17.3 Å². The van der Waals surface area contributed by atoms with Crippen molar-refractivity contribution < 1.29 is 23.1 Å². The van der Waals surface area contributed by atoms with Crippen LogP contribution in [0.2, 0.25) is 0 Å². The Morgan fingerprint density at radius 1 is 1.33 bits per heavy atom. The number of aliphatic hydroxyl groups is 1. The predicted molar refractivity (Wildman–Crippen MR) is 83.2 cm³/mol. The monoisotopic (exact) mass is 341 g/mol. The lowest BCUT2D eigenvalue weighted by molar-refractivity contribution is -0.141. The summed E-state index contributed by atoms with van der Waals surface area (Å²) in [6.45, 7) is 2.73. The number of carbonyl (C=O) groups is 1. The van der Waals surface area contributed by atoms with Crippen molar-refractivity contribution in [3.8, 4) is 0 Å². The number of rotatable bonds is 3. The Kier molecular flexibility index (Phi) is 4.36. The third-order valence-corrected chi connectivity index (χ3v) is 5.43. The molecule has 132 valence electrons. The fourth-order valence-corrected chi connectivity index (χ4v) is 3.78. The smallest absolute Gasteiger partial charge is 0.389 e. The Morgan fingerprint density at radius 3 is 2.58 bits per heavy atom. The zero-order chi connectivity index (χ0) is 17.5. The van der Waals surface area contributed by atoms with Crippen LogP contribution in [0.25, 0.3) is 0 Å². The second-order valence-corrected chi connectivity index (χ2v) is 7.09. The molecule has 0 aromatic heterocycles. The molecular formula is C18H22F3NO2. The highest BCUT2D eigenvalue weighted by molar-refractivity contribution is 5.79. The maximum Gasteiger partial charge on any atom is 0.416 e. The van der Waals surface area contributed by atoms with Crippen LogP contribution in [0.5, 0.6) is 0 Å². The highest BCUT2D eigenvalue weighted by atomic mass is 19.4. The molecule has 1 saturated heterocycles. The Hall–Kier alpha value is -1.56. The minimum Gasteiger partial charge on any atom is -0.389 e. The van der Waals surface area contributed by atoms with E-state index in [0.29, 0.717) is 25.4 Å². The molecule has 2 aliphatic rings. The van der Waals surface area contributed by atoms with Gasteiger partial charge in [-0.1, -0.05) is 25.1 Å². The van der Waals surface area contributed by atoms with Crippen LogP contribution in [0.3, 0.4) is 0 Å². The normalized spacial score (nSPS) is 28.0. The van der Waals surface area contributed by atoms with Gasteiger partial charge in [0, 0.05) is 19.0 Å². The molecule has 24 heavy (non-hydrogen) atoms. The quantitative estimate of drug-likeness (QED) is 0.917. The molecule has 0 unspecified atom stereocenters. The fourth-order valence-electron chi connectivity index (χ4n) is 3.78. The van der Waals surface area contributed by atoms with E-state index in [1.54, 1.807) is 4.90 Å². The summed E-state index contributed by atoms with van der Waals surface area (Å²) < 4.78 is 39.1. The molecule has 3 rings (SSSR count). The molecule has 1 amide bonds. The van der Waals surface area contributed by atoms with E-state index in [-0.39, 0.29) is 23.8 Å². The van der Waals surface area contributed by atoms with Crippen LogP contribution in [-0.2, 0) is 17.4 Å². The van der Waals surface area contributed by atoms with Crippen molar-refractivity contribution in [1.82, 2.24) is 4.90 Å². The van der Waals surface area contributed by atoms with Crippen LogP contribution >= 0.6 is 0 Å². The summed E-state index contributed by atoms with van der Waals surface area (Å²) >= 11 is 0. The topological polar surface area (TPSA) is 40.5 Å². The first-order valence-corrected chi connectivity index (χ1v) is 8.37. The molecule has 1 aliphatic heterocycles. The third-order valence-electron chi connectivity index (χ3n) is 5.43. The van der Waals surface area contributed by atoms with Gasteiger partial charge in [0.1, 0.15) is 0 Å². The number of nitrogens with zero attached hydrogens (tertiary/aromatic N) is 1. The number of hydrogen-bond donors (Lipinski definition) is 1. The molecule has 1 N–H and O–H groups in total. The van der Waals surface area contributed by atoms with Gasteiger partial charge in [0.15, 0.2) is 0 Å². The minimum atomic E-state index is -4.46. The SMILES string of the molecule is C[C@@H]1CN(C(=O)Cc2ccccc2C(F)(F)F)CC[C@@]1(O)C1CC1. The average Bonchev–Trinajstić information content (AvgIpc) is 3.34. The Bertz CT molecular complexity index is 627. The van der Waals surface area contributed by atoms with E-state index in [2.05, 4.69) is 0 Å². The van der Waals surface area contributed by atoms with Crippen LogP contribution < -0.4 is 0 Å². The van der Waals surface area contributed by atoms with Crippen molar-refractivity contribution in [3.63, 3.8) is 0 Å². The predicted octanol–water partition coefficient (Wildman–Crippen LogP) is 3.26.